The van der Waals surface area contributed by atoms with Crippen molar-refractivity contribution >= 4 is 53.1 Å². The summed E-state index contributed by atoms with van der Waals surface area (Å²) < 4.78 is 0. The Morgan fingerprint density at radius 1 is 1.00 bits per heavy atom. The Labute approximate surface area is 201 Å². The molecule has 0 amide bonds. The van der Waals surface area contributed by atoms with Crippen LogP contribution in [0.5, 0.6) is 0 Å². The van der Waals surface area contributed by atoms with Gasteiger partial charge in [-0.2, -0.15) is 0 Å². The fraction of sp³-hybridized carbons (Fsp3) is 0.226. The first-order valence-electron chi connectivity index (χ1n) is 12.3. The van der Waals surface area contributed by atoms with Crippen molar-refractivity contribution in [3.8, 4) is 0 Å². The summed E-state index contributed by atoms with van der Waals surface area (Å²) in [7, 11) is 1.28. The highest BCUT2D eigenvalue weighted by molar-refractivity contribution is 7.35. The van der Waals surface area contributed by atoms with Gasteiger partial charge in [0, 0.05) is 32.8 Å². The lowest BCUT2D eigenvalue weighted by Crippen LogP contribution is -2.42. The zero-order valence-corrected chi connectivity index (χ0v) is 20.5. The molecule has 2 aliphatic carbocycles. The second-order valence-corrected chi connectivity index (χ2v) is 11.4. The molecule has 0 fully saturated rings. The summed E-state index contributed by atoms with van der Waals surface area (Å²) in [5.41, 5.74) is 6.50. The van der Waals surface area contributed by atoms with E-state index in [0.717, 1.165) is 24.8 Å². The molecule has 0 spiro atoms. The van der Waals surface area contributed by atoms with Crippen molar-refractivity contribution in [3.05, 3.63) is 94.4 Å². The van der Waals surface area contributed by atoms with Crippen molar-refractivity contribution in [1.82, 2.24) is 4.98 Å². The minimum absolute atomic E-state index is 0.0348. The Morgan fingerprint density at radius 3 is 2.82 bits per heavy atom. The lowest BCUT2D eigenvalue weighted by atomic mass is 9.65. The van der Waals surface area contributed by atoms with E-state index in [9.17, 15) is 0 Å². The van der Waals surface area contributed by atoms with E-state index in [2.05, 4.69) is 104 Å². The quantitative estimate of drug-likeness (QED) is 0.300. The molecule has 0 bridgehead atoms. The monoisotopic (exact) mass is 458 g/mol. The zero-order valence-electron chi connectivity index (χ0n) is 19.6. The third-order valence-corrected chi connectivity index (χ3v) is 9.13. The van der Waals surface area contributed by atoms with Crippen LogP contribution in [0.15, 0.2) is 78.5 Å². The van der Waals surface area contributed by atoms with Gasteiger partial charge in [0.25, 0.3) is 0 Å². The van der Waals surface area contributed by atoms with Crippen LogP contribution in [-0.4, -0.2) is 4.98 Å². The molecule has 0 saturated heterocycles. The Bertz CT molecular complexity index is 1680. The molecule has 34 heavy (non-hydrogen) atoms. The standard InChI is InChI=1S/C31H27N2P/c1-31(2)23-11-5-7-13-26(23)33(27-17-15-20-9-3-4-10-22(20)30(27)31)21-16-18-29-25(19-21)32-24-12-6-8-14-28(24)34-29/h3-5,7,9-10,12-19,23H,6,8,11H2,1-2H3. The summed E-state index contributed by atoms with van der Waals surface area (Å²) in [5, 5.41) is 5.16. The highest BCUT2D eigenvalue weighted by Crippen LogP contribution is 2.54. The Kier molecular flexibility index (Phi) is 4.38. The molecule has 4 aromatic rings. The Morgan fingerprint density at radius 2 is 1.88 bits per heavy atom. The first-order chi connectivity index (χ1) is 16.6. The number of hydrogen-bond acceptors (Lipinski definition) is 2. The van der Waals surface area contributed by atoms with Crippen LogP contribution in [0, 0.1) is 5.92 Å². The second-order valence-electron chi connectivity index (χ2n) is 10.2. The van der Waals surface area contributed by atoms with Crippen LogP contribution in [0.4, 0.5) is 11.4 Å². The van der Waals surface area contributed by atoms with E-state index >= 15 is 0 Å². The van der Waals surface area contributed by atoms with Crippen LogP contribution in [0.2, 0.25) is 0 Å². The van der Waals surface area contributed by atoms with Gasteiger partial charge in [-0.25, -0.2) is 4.98 Å². The van der Waals surface area contributed by atoms with Gasteiger partial charge in [0.15, 0.2) is 0 Å². The molecule has 3 aliphatic rings. The van der Waals surface area contributed by atoms with Gasteiger partial charge >= 0.3 is 0 Å². The fourth-order valence-electron chi connectivity index (χ4n) is 6.19. The highest BCUT2D eigenvalue weighted by atomic mass is 31.0. The van der Waals surface area contributed by atoms with Gasteiger partial charge in [0.05, 0.1) is 16.6 Å². The maximum atomic E-state index is 5.09. The summed E-state index contributed by atoms with van der Waals surface area (Å²) in [6.07, 6.45) is 14.8. The molecule has 0 N–H and O–H groups in total. The van der Waals surface area contributed by atoms with Crippen molar-refractivity contribution in [3.63, 3.8) is 0 Å². The number of benzene rings is 3. The topological polar surface area (TPSA) is 16.1 Å². The number of allylic oxidation sites excluding steroid dienone is 4. The van der Waals surface area contributed by atoms with Gasteiger partial charge in [-0.05, 0) is 65.9 Å². The van der Waals surface area contributed by atoms with Crippen LogP contribution in [0.1, 0.15) is 38.7 Å². The van der Waals surface area contributed by atoms with Crippen LogP contribution in [0.3, 0.4) is 0 Å². The zero-order chi connectivity index (χ0) is 22.9. The lowest BCUT2D eigenvalue weighted by Gasteiger charge is -2.49. The van der Waals surface area contributed by atoms with Gasteiger partial charge in [0.2, 0.25) is 0 Å². The number of hydrogen-bond donors (Lipinski definition) is 0. The molecule has 1 aromatic heterocycles. The van der Waals surface area contributed by atoms with Crippen molar-refractivity contribution in [2.45, 2.75) is 38.5 Å². The van der Waals surface area contributed by atoms with Crippen LogP contribution >= 0.6 is 8.19 Å². The Hall–Kier alpha value is -3.22. The van der Waals surface area contributed by atoms with E-state index in [4.69, 9.17) is 4.98 Å². The number of anilines is 2. The molecule has 0 saturated carbocycles. The molecule has 0 radical (unpaired) electrons. The van der Waals surface area contributed by atoms with Crippen molar-refractivity contribution in [1.29, 1.82) is 0 Å². The van der Waals surface area contributed by atoms with E-state index < -0.39 is 0 Å². The molecule has 166 valence electrons. The van der Waals surface area contributed by atoms with Crippen molar-refractivity contribution < 1.29 is 0 Å². The molecule has 3 aromatic carbocycles. The minimum atomic E-state index is 0.0348. The van der Waals surface area contributed by atoms with Gasteiger partial charge < -0.3 is 4.90 Å². The van der Waals surface area contributed by atoms with Gasteiger partial charge in [-0.1, -0.05) is 76.7 Å². The molecule has 1 atom stereocenters. The molecule has 2 heterocycles. The summed E-state index contributed by atoms with van der Waals surface area (Å²) in [6.45, 7) is 4.86. The van der Waals surface area contributed by atoms with Gasteiger partial charge in [-0.3, -0.25) is 0 Å². The van der Waals surface area contributed by atoms with E-state index in [1.807, 2.05) is 0 Å². The SMILES string of the molecule is CC1(C)c2c(ccc3ccccc23)N(c2ccc3pc4c(nc3c2)=CCCC=4)C2=CC=CCC21. The third-order valence-electron chi connectivity index (χ3n) is 7.86. The minimum Gasteiger partial charge on any atom is -0.314 e. The predicted molar refractivity (Wildman–Crippen MR) is 146 cm³/mol. The third kappa shape index (κ3) is 2.88. The highest BCUT2D eigenvalue weighted by Gasteiger charge is 2.44. The smallest absolute Gasteiger partial charge is 0.0776 e. The molecule has 3 heteroatoms. The number of aromatic nitrogens is 1. The van der Waals surface area contributed by atoms with E-state index in [1.165, 1.54) is 57.0 Å². The summed E-state index contributed by atoms with van der Waals surface area (Å²) in [5.74, 6) is 0.428. The predicted octanol–water partition coefficient (Wildman–Crippen LogP) is 7.21. The molecule has 1 aliphatic heterocycles. The van der Waals surface area contributed by atoms with E-state index in [0.29, 0.717) is 5.92 Å². The lowest BCUT2D eigenvalue weighted by molar-refractivity contribution is 0.352. The second kappa shape index (κ2) is 7.39. The summed E-state index contributed by atoms with van der Waals surface area (Å²) in [6, 6.07) is 20.4. The van der Waals surface area contributed by atoms with Gasteiger partial charge in [0.1, 0.15) is 0 Å². The fourth-order valence-corrected chi connectivity index (χ4v) is 7.30. The maximum absolute atomic E-state index is 5.09. The molecular formula is C31H27N2P. The maximum Gasteiger partial charge on any atom is 0.0776 e. The molecule has 7 rings (SSSR count). The van der Waals surface area contributed by atoms with Gasteiger partial charge in [-0.15, -0.1) is 0 Å². The van der Waals surface area contributed by atoms with E-state index in [1.54, 1.807) is 0 Å². The molecule has 2 nitrogen and oxygen atoms in total. The van der Waals surface area contributed by atoms with Crippen molar-refractivity contribution in [2.24, 2.45) is 5.92 Å². The molecule has 1 unspecified atom stereocenters. The summed E-state index contributed by atoms with van der Waals surface area (Å²) >= 11 is 0. The average Bonchev–Trinajstić information content (AvgIpc) is 2.87. The van der Waals surface area contributed by atoms with Crippen LogP contribution in [-0.2, 0) is 5.41 Å². The number of nitrogens with zero attached hydrogens (tertiary/aromatic N) is 2. The first kappa shape index (κ1) is 20.2. The van der Waals surface area contributed by atoms with Crippen LogP contribution < -0.4 is 15.2 Å². The van der Waals surface area contributed by atoms with E-state index in [-0.39, 0.29) is 5.41 Å². The normalized spacial score (nSPS) is 20.4. The van der Waals surface area contributed by atoms with Crippen LogP contribution in [0.25, 0.3) is 33.6 Å². The largest absolute Gasteiger partial charge is 0.314 e. The molecular weight excluding hydrogens is 431 g/mol. The number of fused-ring (bicyclic) bond motifs is 6. The first-order valence-corrected chi connectivity index (χ1v) is 13.2. The van der Waals surface area contributed by atoms with Crippen molar-refractivity contribution in [2.75, 3.05) is 4.90 Å². The number of rotatable bonds is 1. The summed E-state index contributed by atoms with van der Waals surface area (Å²) in [4.78, 5) is 8.96. The Balaban J connectivity index is 1.52. The average molecular weight is 459 g/mol.